The Kier molecular flexibility index (Phi) is 9.37. The van der Waals surface area contributed by atoms with Crippen LogP contribution in [0.2, 0.25) is 0 Å². The summed E-state index contributed by atoms with van der Waals surface area (Å²) in [6.45, 7) is 3.77. The van der Waals surface area contributed by atoms with Crippen LogP contribution >= 0.6 is 0 Å². The van der Waals surface area contributed by atoms with Crippen LogP contribution in [0.3, 0.4) is 0 Å². The highest BCUT2D eigenvalue weighted by Crippen LogP contribution is 2.16. The minimum Gasteiger partial charge on any atom is -0.466 e. The quantitative estimate of drug-likeness (QED) is 0.477. The third-order valence-corrected chi connectivity index (χ3v) is 3.43. The first kappa shape index (κ1) is 22.0. The van der Waals surface area contributed by atoms with Gasteiger partial charge in [0.2, 0.25) is 0 Å². The second-order valence-corrected chi connectivity index (χ2v) is 5.37. The van der Waals surface area contributed by atoms with Gasteiger partial charge in [-0.25, -0.2) is 9.18 Å². The number of hydrogen-bond donors (Lipinski definition) is 2. The third kappa shape index (κ3) is 7.36. The molecule has 0 radical (unpaired) electrons. The molecule has 0 saturated heterocycles. The van der Waals surface area contributed by atoms with Crippen molar-refractivity contribution in [2.24, 2.45) is 0 Å². The van der Waals surface area contributed by atoms with Crippen molar-refractivity contribution in [3.63, 3.8) is 0 Å². The molecule has 0 fully saturated rings. The molecule has 0 unspecified atom stereocenters. The molecule has 0 saturated carbocycles. The maximum absolute atomic E-state index is 14.0. The molecule has 0 aliphatic heterocycles. The van der Waals surface area contributed by atoms with Crippen LogP contribution < -0.4 is 10.6 Å². The SMILES string of the molecule is C#CCNc1ccc(C(=O)N[C@H](CCC(=O)OCC)C(=O)OCC)cc1F. The van der Waals surface area contributed by atoms with Crippen LogP contribution in [0.1, 0.15) is 37.0 Å². The molecule has 1 aromatic carbocycles. The first-order valence-electron chi connectivity index (χ1n) is 8.52. The average molecular weight is 378 g/mol. The molecule has 1 rings (SSSR count). The van der Waals surface area contributed by atoms with Crippen LogP contribution in [0.5, 0.6) is 0 Å². The van der Waals surface area contributed by atoms with Crippen molar-refractivity contribution < 1.29 is 28.2 Å². The lowest BCUT2D eigenvalue weighted by Gasteiger charge is -2.17. The van der Waals surface area contributed by atoms with E-state index in [2.05, 4.69) is 16.6 Å². The summed E-state index contributed by atoms with van der Waals surface area (Å²) in [6, 6.07) is 2.75. The third-order valence-electron chi connectivity index (χ3n) is 3.43. The number of carbonyl (C=O) groups is 3. The second-order valence-electron chi connectivity index (χ2n) is 5.37. The highest BCUT2D eigenvalue weighted by Gasteiger charge is 2.24. The van der Waals surface area contributed by atoms with Gasteiger partial charge in [0.05, 0.1) is 25.4 Å². The first-order valence-corrected chi connectivity index (χ1v) is 8.52. The van der Waals surface area contributed by atoms with Crippen molar-refractivity contribution in [2.75, 3.05) is 25.1 Å². The molecule has 0 heterocycles. The number of halogens is 1. The minimum atomic E-state index is -1.05. The fraction of sp³-hybridized carbons (Fsp3) is 0.421. The molecule has 8 heteroatoms. The molecule has 1 aromatic rings. The zero-order valence-corrected chi connectivity index (χ0v) is 15.3. The van der Waals surface area contributed by atoms with E-state index in [1.165, 1.54) is 12.1 Å². The van der Waals surface area contributed by atoms with Crippen molar-refractivity contribution in [2.45, 2.75) is 32.7 Å². The number of rotatable bonds is 10. The lowest BCUT2D eigenvalue weighted by molar-refractivity contribution is -0.146. The average Bonchev–Trinajstić information content (AvgIpc) is 2.64. The van der Waals surface area contributed by atoms with E-state index < -0.39 is 29.7 Å². The molecule has 0 aliphatic rings. The lowest BCUT2D eigenvalue weighted by Crippen LogP contribution is -2.42. The van der Waals surface area contributed by atoms with Crippen LogP contribution in [-0.2, 0) is 19.1 Å². The molecular formula is C19H23FN2O5. The predicted octanol–water partition coefficient (Wildman–Crippen LogP) is 1.88. The van der Waals surface area contributed by atoms with Crippen LogP contribution in [0.15, 0.2) is 18.2 Å². The van der Waals surface area contributed by atoms with Gasteiger partial charge in [-0.2, -0.15) is 0 Å². The number of carbonyl (C=O) groups excluding carboxylic acids is 3. The van der Waals surface area contributed by atoms with Crippen LogP contribution in [-0.4, -0.2) is 43.6 Å². The monoisotopic (exact) mass is 378 g/mol. The number of terminal acetylenes is 1. The summed E-state index contributed by atoms with van der Waals surface area (Å²) < 4.78 is 23.7. The van der Waals surface area contributed by atoms with E-state index in [-0.39, 0.29) is 43.9 Å². The first-order chi connectivity index (χ1) is 12.9. The summed E-state index contributed by atoms with van der Waals surface area (Å²) in [5.74, 6) is -0.173. The molecule has 0 bridgehead atoms. The number of esters is 2. The van der Waals surface area contributed by atoms with Gasteiger partial charge in [0, 0.05) is 12.0 Å². The number of anilines is 1. The number of amides is 1. The van der Waals surface area contributed by atoms with Crippen molar-refractivity contribution in [3.05, 3.63) is 29.6 Å². The molecule has 1 amide bonds. The number of benzene rings is 1. The minimum absolute atomic E-state index is 0.00764. The summed E-state index contributed by atoms with van der Waals surface area (Å²) in [5.41, 5.74) is 0.179. The van der Waals surface area contributed by atoms with Crippen LogP contribution in [0, 0.1) is 18.2 Å². The van der Waals surface area contributed by atoms with Gasteiger partial charge in [-0.1, -0.05) is 5.92 Å². The standard InChI is InChI=1S/C19H23FN2O5/c1-4-11-21-15-8-7-13(12-14(15)20)18(24)22-16(19(25)27-6-3)9-10-17(23)26-5-2/h1,7-8,12,16,21H,5-6,9-11H2,2-3H3,(H,22,24)/t16-/m1/s1. The van der Waals surface area contributed by atoms with Crippen molar-refractivity contribution >= 4 is 23.5 Å². The molecule has 1 atom stereocenters. The Morgan fingerprint density at radius 3 is 2.52 bits per heavy atom. The van der Waals surface area contributed by atoms with E-state index in [1.54, 1.807) is 13.8 Å². The van der Waals surface area contributed by atoms with Gasteiger partial charge in [0.25, 0.3) is 5.91 Å². The zero-order chi connectivity index (χ0) is 20.2. The predicted molar refractivity (Wildman–Crippen MR) is 97.5 cm³/mol. The fourth-order valence-electron chi connectivity index (χ4n) is 2.17. The number of hydrogen-bond acceptors (Lipinski definition) is 6. The summed E-state index contributed by atoms with van der Waals surface area (Å²) in [6.07, 6.45) is 5.04. The Morgan fingerprint density at radius 2 is 1.93 bits per heavy atom. The van der Waals surface area contributed by atoms with E-state index >= 15 is 0 Å². The Labute approximate surface area is 157 Å². The van der Waals surface area contributed by atoms with Gasteiger partial charge in [-0.05, 0) is 38.5 Å². The maximum atomic E-state index is 14.0. The number of ether oxygens (including phenoxy) is 2. The summed E-state index contributed by atoms with van der Waals surface area (Å²) in [4.78, 5) is 35.9. The van der Waals surface area contributed by atoms with Crippen molar-refractivity contribution in [1.82, 2.24) is 5.32 Å². The van der Waals surface area contributed by atoms with Gasteiger partial charge in [-0.3, -0.25) is 9.59 Å². The smallest absolute Gasteiger partial charge is 0.328 e. The van der Waals surface area contributed by atoms with Gasteiger partial charge in [-0.15, -0.1) is 6.42 Å². The second kappa shape index (κ2) is 11.5. The Hall–Kier alpha value is -3.08. The van der Waals surface area contributed by atoms with Crippen molar-refractivity contribution in [3.8, 4) is 12.3 Å². The molecule has 0 aliphatic carbocycles. The Morgan fingerprint density at radius 1 is 1.22 bits per heavy atom. The van der Waals surface area contributed by atoms with Crippen LogP contribution in [0.25, 0.3) is 0 Å². The summed E-state index contributed by atoms with van der Waals surface area (Å²) >= 11 is 0. The molecule has 2 N–H and O–H groups in total. The largest absolute Gasteiger partial charge is 0.466 e. The molecule has 0 spiro atoms. The zero-order valence-electron chi connectivity index (χ0n) is 15.3. The van der Waals surface area contributed by atoms with E-state index in [1.807, 2.05) is 0 Å². The molecule has 27 heavy (non-hydrogen) atoms. The van der Waals surface area contributed by atoms with Crippen LogP contribution in [0.4, 0.5) is 10.1 Å². The molecule has 146 valence electrons. The van der Waals surface area contributed by atoms with E-state index in [0.29, 0.717) is 0 Å². The summed E-state index contributed by atoms with van der Waals surface area (Å²) in [5, 5.41) is 5.15. The maximum Gasteiger partial charge on any atom is 0.328 e. The number of nitrogens with one attached hydrogen (secondary N) is 2. The molecular weight excluding hydrogens is 355 g/mol. The van der Waals surface area contributed by atoms with Gasteiger partial charge in [0.15, 0.2) is 0 Å². The topological polar surface area (TPSA) is 93.7 Å². The highest BCUT2D eigenvalue weighted by molar-refractivity contribution is 5.97. The molecule has 0 aromatic heterocycles. The van der Waals surface area contributed by atoms with E-state index in [4.69, 9.17) is 15.9 Å². The molecule has 7 nitrogen and oxygen atoms in total. The lowest BCUT2D eigenvalue weighted by atomic mass is 10.1. The van der Waals surface area contributed by atoms with E-state index in [9.17, 15) is 18.8 Å². The Balaban J connectivity index is 2.82. The van der Waals surface area contributed by atoms with Gasteiger partial charge < -0.3 is 20.1 Å². The normalized spacial score (nSPS) is 11.0. The van der Waals surface area contributed by atoms with Gasteiger partial charge >= 0.3 is 11.9 Å². The summed E-state index contributed by atoms with van der Waals surface area (Å²) in [7, 11) is 0. The van der Waals surface area contributed by atoms with Gasteiger partial charge in [0.1, 0.15) is 11.9 Å². The van der Waals surface area contributed by atoms with Crippen molar-refractivity contribution in [1.29, 1.82) is 0 Å². The van der Waals surface area contributed by atoms with E-state index in [0.717, 1.165) is 6.07 Å². The Bertz CT molecular complexity index is 715. The fourth-order valence-corrected chi connectivity index (χ4v) is 2.17. The highest BCUT2D eigenvalue weighted by atomic mass is 19.1.